The number of rotatable bonds is 5. The first-order chi connectivity index (χ1) is 9.88. The van der Waals surface area contributed by atoms with Gasteiger partial charge >= 0.3 is 6.61 Å². The number of hydrogen-bond donors (Lipinski definition) is 1. The van der Waals surface area contributed by atoms with Crippen molar-refractivity contribution in [3.63, 3.8) is 0 Å². The van der Waals surface area contributed by atoms with Crippen molar-refractivity contribution < 1.29 is 21.9 Å². The molecular weight excluding hydrogens is 324 g/mol. The fourth-order valence-corrected chi connectivity index (χ4v) is 2.96. The molecule has 2 rings (SSSR count). The second kappa shape index (κ2) is 6.28. The summed E-state index contributed by atoms with van der Waals surface area (Å²) in [6, 6.07) is 11.1. The highest BCUT2D eigenvalue weighted by molar-refractivity contribution is 7.92. The fraction of sp³-hybridized carbons (Fsp3) is 0.0769. The second-order valence-corrected chi connectivity index (χ2v) is 6.06. The van der Waals surface area contributed by atoms with Crippen LogP contribution in [-0.2, 0) is 10.0 Å². The van der Waals surface area contributed by atoms with Crippen molar-refractivity contribution in [2.24, 2.45) is 0 Å². The van der Waals surface area contributed by atoms with Gasteiger partial charge in [-0.05, 0) is 30.3 Å². The number of ether oxygens (including phenoxy) is 1. The normalized spacial score (nSPS) is 11.4. The van der Waals surface area contributed by atoms with E-state index in [0.29, 0.717) is 0 Å². The molecule has 0 aliphatic carbocycles. The van der Waals surface area contributed by atoms with Crippen LogP contribution in [0.4, 0.5) is 14.5 Å². The zero-order valence-corrected chi connectivity index (χ0v) is 12.0. The molecule has 0 saturated heterocycles. The maximum Gasteiger partial charge on any atom is 0.387 e. The van der Waals surface area contributed by atoms with E-state index in [1.165, 1.54) is 48.5 Å². The summed E-state index contributed by atoms with van der Waals surface area (Å²) < 4.78 is 55.4. The maximum absolute atomic E-state index is 12.3. The largest absolute Gasteiger partial charge is 0.433 e. The number of para-hydroxylation sites is 2. The Kier molecular flexibility index (Phi) is 4.64. The maximum atomic E-state index is 12.3. The third kappa shape index (κ3) is 4.05. The predicted octanol–water partition coefficient (Wildman–Crippen LogP) is 3.74. The lowest BCUT2D eigenvalue weighted by molar-refractivity contribution is -0.0493. The average Bonchev–Trinajstić information content (AvgIpc) is 2.40. The standard InChI is InChI=1S/C13H10ClF2NO3S/c14-9-4-3-5-10(8-9)21(18,19)17-11-6-1-2-7-12(11)20-13(15)16/h1-8,13,17H. The Balaban J connectivity index is 2.33. The number of halogens is 3. The van der Waals surface area contributed by atoms with Crippen molar-refractivity contribution in [3.05, 3.63) is 53.6 Å². The highest BCUT2D eigenvalue weighted by Crippen LogP contribution is 2.28. The summed E-state index contributed by atoms with van der Waals surface area (Å²) in [6.07, 6.45) is 0. The van der Waals surface area contributed by atoms with Gasteiger partial charge in [-0.3, -0.25) is 4.72 Å². The number of hydrogen-bond acceptors (Lipinski definition) is 3. The first-order valence-electron chi connectivity index (χ1n) is 5.71. The average molecular weight is 334 g/mol. The van der Waals surface area contributed by atoms with Gasteiger partial charge in [0.1, 0.15) is 5.75 Å². The molecule has 2 aromatic rings. The van der Waals surface area contributed by atoms with Gasteiger partial charge in [-0.15, -0.1) is 0 Å². The van der Waals surface area contributed by atoms with Crippen LogP contribution in [0.15, 0.2) is 53.4 Å². The SMILES string of the molecule is O=S(=O)(Nc1ccccc1OC(F)F)c1cccc(Cl)c1. The minimum Gasteiger partial charge on any atom is -0.433 e. The lowest BCUT2D eigenvalue weighted by Crippen LogP contribution is -2.14. The number of alkyl halides is 2. The van der Waals surface area contributed by atoms with Gasteiger partial charge in [-0.1, -0.05) is 29.8 Å². The minimum absolute atomic E-state index is 0.0816. The van der Waals surface area contributed by atoms with Crippen LogP contribution in [0.1, 0.15) is 0 Å². The van der Waals surface area contributed by atoms with Gasteiger partial charge in [0.05, 0.1) is 10.6 Å². The topological polar surface area (TPSA) is 55.4 Å². The van der Waals surface area contributed by atoms with E-state index in [1.54, 1.807) is 0 Å². The van der Waals surface area contributed by atoms with Gasteiger partial charge in [0.15, 0.2) is 0 Å². The molecule has 0 spiro atoms. The number of nitrogens with one attached hydrogen (secondary N) is 1. The predicted molar refractivity (Wildman–Crippen MR) is 75.3 cm³/mol. The zero-order chi connectivity index (χ0) is 15.5. The first-order valence-corrected chi connectivity index (χ1v) is 7.57. The van der Waals surface area contributed by atoms with Gasteiger partial charge in [-0.2, -0.15) is 8.78 Å². The van der Waals surface area contributed by atoms with E-state index < -0.39 is 16.6 Å². The second-order valence-electron chi connectivity index (χ2n) is 3.94. The molecule has 0 fully saturated rings. The lowest BCUT2D eigenvalue weighted by atomic mass is 10.3. The molecule has 0 aliphatic rings. The van der Waals surface area contributed by atoms with E-state index in [4.69, 9.17) is 11.6 Å². The molecule has 0 radical (unpaired) electrons. The Labute approximate surface area is 125 Å². The number of benzene rings is 2. The summed E-state index contributed by atoms with van der Waals surface area (Å²) in [7, 11) is -3.95. The third-order valence-corrected chi connectivity index (χ3v) is 4.05. The van der Waals surface area contributed by atoms with Crippen LogP contribution in [0, 0.1) is 0 Å². The van der Waals surface area contributed by atoms with E-state index in [1.807, 2.05) is 0 Å². The highest BCUT2D eigenvalue weighted by Gasteiger charge is 2.18. The van der Waals surface area contributed by atoms with Crippen LogP contribution in [0.2, 0.25) is 5.02 Å². The quantitative estimate of drug-likeness (QED) is 0.906. The molecule has 8 heteroatoms. The van der Waals surface area contributed by atoms with Gasteiger partial charge in [0.25, 0.3) is 10.0 Å². The fourth-order valence-electron chi connectivity index (χ4n) is 1.59. The molecule has 0 bridgehead atoms. The van der Waals surface area contributed by atoms with Crippen molar-refractivity contribution in [3.8, 4) is 5.75 Å². The molecule has 0 atom stereocenters. The highest BCUT2D eigenvalue weighted by atomic mass is 35.5. The first kappa shape index (κ1) is 15.5. The van der Waals surface area contributed by atoms with Gasteiger partial charge in [0, 0.05) is 5.02 Å². The van der Waals surface area contributed by atoms with Crippen molar-refractivity contribution in [1.82, 2.24) is 0 Å². The van der Waals surface area contributed by atoms with Crippen LogP contribution in [-0.4, -0.2) is 15.0 Å². The number of sulfonamides is 1. The summed E-state index contributed by atoms with van der Waals surface area (Å²) in [4.78, 5) is -0.0816. The Hall–Kier alpha value is -1.86. The zero-order valence-electron chi connectivity index (χ0n) is 10.5. The smallest absolute Gasteiger partial charge is 0.387 e. The molecule has 4 nitrogen and oxygen atoms in total. The molecule has 2 aromatic carbocycles. The molecule has 1 N–H and O–H groups in total. The van der Waals surface area contributed by atoms with Crippen molar-refractivity contribution >= 4 is 27.3 Å². The van der Waals surface area contributed by atoms with E-state index in [0.717, 1.165) is 0 Å². The van der Waals surface area contributed by atoms with Crippen LogP contribution in [0.3, 0.4) is 0 Å². The van der Waals surface area contributed by atoms with Gasteiger partial charge in [-0.25, -0.2) is 8.42 Å². The Morgan fingerprint density at radius 1 is 1.10 bits per heavy atom. The van der Waals surface area contributed by atoms with Crippen LogP contribution in [0.25, 0.3) is 0 Å². The molecule has 0 heterocycles. The Morgan fingerprint density at radius 3 is 2.48 bits per heavy atom. The van der Waals surface area contributed by atoms with E-state index in [9.17, 15) is 17.2 Å². The molecule has 0 aromatic heterocycles. The van der Waals surface area contributed by atoms with Crippen molar-refractivity contribution in [2.45, 2.75) is 11.5 Å². The summed E-state index contributed by atoms with van der Waals surface area (Å²) in [5.74, 6) is -0.266. The molecule has 0 amide bonds. The van der Waals surface area contributed by atoms with Crippen molar-refractivity contribution in [1.29, 1.82) is 0 Å². The van der Waals surface area contributed by atoms with E-state index in [-0.39, 0.29) is 21.4 Å². The Morgan fingerprint density at radius 2 is 1.81 bits per heavy atom. The molecule has 0 saturated carbocycles. The lowest BCUT2D eigenvalue weighted by Gasteiger charge is -2.13. The minimum atomic E-state index is -3.95. The molecule has 112 valence electrons. The third-order valence-electron chi connectivity index (χ3n) is 2.45. The van der Waals surface area contributed by atoms with E-state index >= 15 is 0 Å². The number of anilines is 1. The molecule has 21 heavy (non-hydrogen) atoms. The molecule has 0 unspecified atom stereocenters. The van der Waals surface area contributed by atoms with Crippen LogP contribution in [0.5, 0.6) is 5.75 Å². The summed E-state index contributed by atoms with van der Waals surface area (Å²) >= 11 is 5.74. The van der Waals surface area contributed by atoms with Crippen LogP contribution >= 0.6 is 11.6 Å². The van der Waals surface area contributed by atoms with Crippen LogP contribution < -0.4 is 9.46 Å². The molecular formula is C13H10ClF2NO3S. The Bertz CT molecular complexity index is 738. The monoisotopic (exact) mass is 333 g/mol. The van der Waals surface area contributed by atoms with E-state index in [2.05, 4.69) is 9.46 Å². The van der Waals surface area contributed by atoms with Crippen molar-refractivity contribution in [2.75, 3.05) is 4.72 Å². The van der Waals surface area contributed by atoms with Gasteiger partial charge in [0.2, 0.25) is 0 Å². The summed E-state index contributed by atoms with van der Waals surface area (Å²) in [6.45, 7) is -3.05. The summed E-state index contributed by atoms with van der Waals surface area (Å²) in [5.41, 5.74) is -0.0854. The summed E-state index contributed by atoms with van der Waals surface area (Å²) in [5, 5.41) is 0.245. The molecule has 0 aliphatic heterocycles. The van der Waals surface area contributed by atoms with Gasteiger partial charge < -0.3 is 4.74 Å².